The number of rotatable bonds is 3. The van der Waals surface area contributed by atoms with Gasteiger partial charge >= 0.3 is 0 Å². The molecule has 2 aliphatic heterocycles. The van der Waals surface area contributed by atoms with Crippen molar-refractivity contribution in [2.75, 3.05) is 32.8 Å². The van der Waals surface area contributed by atoms with Gasteiger partial charge in [0.05, 0.1) is 28.6 Å². The number of likely N-dealkylation sites (N-methyl/N-ethyl adjacent to an activating group) is 1. The Morgan fingerprint density at radius 2 is 1.68 bits per heavy atom. The number of nitrogens with zero attached hydrogens (tertiary/aromatic N) is 3. The van der Waals surface area contributed by atoms with Crippen molar-refractivity contribution < 1.29 is 14.3 Å². The van der Waals surface area contributed by atoms with Crippen LogP contribution < -0.4 is 4.74 Å². The second-order valence-corrected chi connectivity index (χ2v) is 11.3. The molecular weight excluding hydrogens is 512 g/mol. The molecule has 7 heteroatoms. The highest BCUT2D eigenvalue weighted by Crippen LogP contribution is 2.40. The molecule has 41 heavy (non-hydrogen) atoms. The summed E-state index contributed by atoms with van der Waals surface area (Å²) in [5.41, 5.74) is 4.05. The molecular formula is C34H38N4O3. The monoisotopic (exact) mass is 550 g/mol. The van der Waals surface area contributed by atoms with Crippen molar-refractivity contribution in [1.82, 2.24) is 19.8 Å². The van der Waals surface area contributed by atoms with E-state index in [0.29, 0.717) is 57.0 Å². The van der Waals surface area contributed by atoms with Gasteiger partial charge in [0.1, 0.15) is 18.2 Å². The normalized spacial score (nSPS) is 17.9. The molecule has 3 aromatic carbocycles. The molecule has 2 aliphatic rings. The maximum absolute atomic E-state index is 14.0. The molecule has 1 saturated heterocycles. The molecule has 0 atom stereocenters. The van der Waals surface area contributed by atoms with Crippen LogP contribution in [-0.2, 0) is 11.2 Å². The molecule has 0 aliphatic carbocycles. The Labute approximate surface area is 241 Å². The van der Waals surface area contributed by atoms with Gasteiger partial charge in [0.25, 0.3) is 5.91 Å². The van der Waals surface area contributed by atoms with Crippen LogP contribution in [0.25, 0.3) is 22.4 Å². The zero-order chi connectivity index (χ0) is 28.2. The first kappa shape index (κ1) is 27.1. The van der Waals surface area contributed by atoms with Gasteiger partial charge in [0.15, 0.2) is 0 Å². The van der Waals surface area contributed by atoms with Crippen LogP contribution in [-0.4, -0.2) is 64.4 Å². The number of hydrogen-bond acceptors (Lipinski definition) is 4. The molecule has 1 spiro atoms. The van der Waals surface area contributed by atoms with Gasteiger partial charge in [-0.3, -0.25) is 9.59 Å². The smallest absolute Gasteiger partial charge is 0.254 e. The van der Waals surface area contributed by atoms with Crippen molar-refractivity contribution in [1.29, 1.82) is 0 Å². The van der Waals surface area contributed by atoms with Crippen LogP contribution in [0.4, 0.5) is 0 Å². The molecule has 0 saturated carbocycles. The highest BCUT2D eigenvalue weighted by Gasteiger charge is 2.44. The molecule has 2 amide bonds. The van der Waals surface area contributed by atoms with Gasteiger partial charge in [-0.15, -0.1) is 0 Å². The summed E-state index contributed by atoms with van der Waals surface area (Å²) in [6, 6.07) is 23.8. The number of aryl methyl sites for hydroxylation is 1. The highest BCUT2D eigenvalue weighted by atomic mass is 16.5. The van der Waals surface area contributed by atoms with Crippen LogP contribution in [0.5, 0.6) is 5.75 Å². The Kier molecular flexibility index (Phi) is 7.77. The third-order valence-electron chi connectivity index (χ3n) is 8.88. The van der Waals surface area contributed by atoms with Gasteiger partial charge in [-0.25, -0.2) is 4.98 Å². The van der Waals surface area contributed by atoms with Gasteiger partial charge in [-0.05, 0) is 68.9 Å². The predicted molar refractivity (Wildman–Crippen MR) is 161 cm³/mol. The van der Waals surface area contributed by atoms with E-state index in [1.54, 1.807) is 0 Å². The zero-order valence-corrected chi connectivity index (χ0v) is 23.8. The molecule has 0 unspecified atom stereocenters. The molecule has 3 heterocycles. The number of H-pyrrole nitrogens is 1. The summed E-state index contributed by atoms with van der Waals surface area (Å²) >= 11 is 0. The SMILES string of the molecule is CCN1CCOc2ccccc2CCCCC2(CCN(C(=O)c3ccccc3-c3nc4ccccc4[nH]3)CC2)C1=O. The minimum Gasteiger partial charge on any atom is -0.491 e. The first-order chi connectivity index (χ1) is 20.1. The topological polar surface area (TPSA) is 78.5 Å². The number of hydrogen-bond donors (Lipinski definition) is 1. The van der Waals surface area contributed by atoms with E-state index in [-0.39, 0.29) is 11.8 Å². The summed E-state index contributed by atoms with van der Waals surface area (Å²) < 4.78 is 6.13. The molecule has 0 bridgehead atoms. The fourth-order valence-electron chi connectivity index (χ4n) is 6.47. The Morgan fingerprint density at radius 3 is 2.51 bits per heavy atom. The van der Waals surface area contributed by atoms with Gasteiger partial charge in [-0.2, -0.15) is 0 Å². The second-order valence-electron chi connectivity index (χ2n) is 11.3. The van der Waals surface area contributed by atoms with Crippen LogP contribution in [0.2, 0.25) is 0 Å². The number of fused-ring (bicyclic) bond motifs is 2. The summed E-state index contributed by atoms with van der Waals surface area (Å²) in [7, 11) is 0. The van der Waals surface area contributed by atoms with E-state index in [1.165, 1.54) is 5.56 Å². The van der Waals surface area contributed by atoms with Gasteiger partial charge in [-0.1, -0.05) is 55.0 Å². The standard InChI is InChI=1S/C34H38N4O3/c1-2-37-23-24-41-30-17-8-3-11-25(30)12-9-10-18-34(33(37)40)19-21-38(22-20-34)32(39)27-14-5-4-13-26(27)31-35-28-15-6-7-16-29(28)36-31/h3-8,11,13-17H,2,9-10,12,18-24H2,1H3,(H,35,36). The first-order valence-corrected chi connectivity index (χ1v) is 14.9. The number of likely N-dealkylation sites (tertiary alicyclic amines) is 1. The minimum atomic E-state index is -0.441. The largest absolute Gasteiger partial charge is 0.491 e. The number of ether oxygens (including phenoxy) is 1. The summed E-state index contributed by atoms with van der Waals surface area (Å²) in [5, 5.41) is 0. The minimum absolute atomic E-state index is 0.00568. The summed E-state index contributed by atoms with van der Waals surface area (Å²) in [4.78, 5) is 39.9. The van der Waals surface area contributed by atoms with Gasteiger partial charge < -0.3 is 19.5 Å². The third kappa shape index (κ3) is 5.45. The van der Waals surface area contributed by atoms with Crippen molar-refractivity contribution in [3.8, 4) is 17.1 Å². The van der Waals surface area contributed by atoms with Gasteiger partial charge in [0.2, 0.25) is 5.91 Å². The molecule has 4 aromatic rings. The number of carbonyl (C=O) groups is 2. The number of para-hydroxylation sites is 3. The first-order valence-electron chi connectivity index (χ1n) is 14.9. The van der Waals surface area contributed by atoms with Crippen molar-refractivity contribution in [3.63, 3.8) is 0 Å². The molecule has 212 valence electrons. The van der Waals surface area contributed by atoms with Crippen LogP contribution in [0, 0.1) is 5.41 Å². The molecule has 1 fully saturated rings. The lowest BCUT2D eigenvalue weighted by molar-refractivity contribution is -0.145. The average molecular weight is 551 g/mol. The lowest BCUT2D eigenvalue weighted by atomic mass is 9.73. The number of aromatic nitrogens is 2. The zero-order valence-electron chi connectivity index (χ0n) is 23.8. The Balaban J connectivity index is 1.20. The lowest BCUT2D eigenvalue weighted by Gasteiger charge is -2.43. The molecule has 1 aromatic heterocycles. The van der Waals surface area contributed by atoms with E-state index in [2.05, 4.69) is 17.1 Å². The number of imidazole rings is 1. The molecule has 7 nitrogen and oxygen atoms in total. The Morgan fingerprint density at radius 1 is 0.927 bits per heavy atom. The maximum atomic E-state index is 14.0. The van der Waals surface area contributed by atoms with Crippen molar-refractivity contribution in [2.24, 2.45) is 5.41 Å². The van der Waals surface area contributed by atoms with Crippen molar-refractivity contribution in [2.45, 2.75) is 45.4 Å². The number of nitrogens with one attached hydrogen (secondary N) is 1. The number of benzene rings is 3. The summed E-state index contributed by atoms with van der Waals surface area (Å²) in [6.45, 7) is 4.87. The number of carbonyl (C=O) groups excluding carboxylic acids is 2. The van der Waals surface area contributed by atoms with E-state index in [4.69, 9.17) is 9.72 Å². The van der Waals surface area contributed by atoms with Gasteiger partial charge in [0, 0.05) is 25.2 Å². The van der Waals surface area contributed by atoms with E-state index < -0.39 is 5.41 Å². The molecule has 1 N–H and O–H groups in total. The third-order valence-corrected chi connectivity index (χ3v) is 8.88. The number of amides is 2. The van der Waals surface area contributed by atoms with Crippen LogP contribution in [0.1, 0.15) is 54.9 Å². The molecule has 6 rings (SSSR count). The van der Waals surface area contributed by atoms with E-state index >= 15 is 0 Å². The van der Waals surface area contributed by atoms with Crippen molar-refractivity contribution >= 4 is 22.8 Å². The average Bonchev–Trinajstić information content (AvgIpc) is 3.45. The Hall–Kier alpha value is -4.13. The molecule has 0 radical (unpaired) electrons. The van der Waals surface area contributed by atoms with E-state index in [9.17, 15) is 9.59 Å². The summed E-state index contributed by atoms with van der Waals surface area (Å²) in [6.07, 6.45) is 5.14. The van der Waals surface area contributed by atoms with Crippen LogP contribution in [0.3, 0.4) is 0 Å². The van der Waals surface area contributed by atoms with Crippen LogP contribution >= 0.6 is 0 Å². The second kappa shape index (κ2) is 11.8. The predicted octanol–water partition coefficient (Wildman–Crippen LogP) is 6.11. The fraction of sp³-hybridized carbons (Fsp3) is 0.382. The number of piperidine rings is 1. The quantitative estimate of drug-likeness (QED) is 0.334. The fourth-order valence-corrected chi connectivity index (χ4v) is 6.47. The van der Waals surface area contributed by atoms with E-state index in [0.717, 1.165) is 48.0 Å². The lowest BCUT2D eigenvalue weighted by Crippen LogP contribution is -2.52. The maximum Gasteiger partial charge on any atom is 0.254 e. The van der Waals surface area contributed by atoms with E-state index in [1.807, 2.05) is 77.4 Å². The highest BCUT2D eigenvalue weighted by molar-refractivity contribution is 6.01. The summed E-state index contributed by atoms with van der Waals surface area (Å²) in [5.74, 6) is 1.84. The van der Waals surface area contributed by atoms with Crippen molar-refractivity contribution in [3.05, 3.63) is 83.9 Å². The van der Waals surface area contributed by atoms with Crippen LogP contribution in [0.15, 0.2) is 72.8 Å². The Bertz CT molecular complexity index is 1500. The number of aromatic amines is 1.